The maximum absolute atomic E-state index is 6.10. The van der Waals surface area contributed by atoms with Crippen molar-refractivity contribution in [1.29, 1.82) is 0 Å². The fourth-order valence-corrected chi connectivity index (χ4v) is 3.37. The molecule has 4 heteroatoms. The average molecular weight is 380 g/mol. The van der Waals surface area contributed by atoms with Crippen LogP contribution in [0.2, 0.25) is 0 Å². The second kappa shape index (κ2) is 8.87. The van der Waals surface area contributed by atoms with Crippen molar-refractivity contribution in [2.75, 3.05) is 20.4 Å². The summed E-state index contributed by atoms with van der Waals surface area (Å²) in [6, 6.07) is 18.6. The molecular weight excluding hydrogens is 354 g/mol. The lowest BCUT2D eigenvalue weighted by Gasteiger charge is -2.15. The third-order valence-electron chi connectivity index (χ3n) is 4.21. The highest BCUT2D eigenvalue weighted by atomic mass is 32.2. The van der Waals surface area contributed by atoms with Crippen LogP contribution in [0.25, 0.3) is 5.57 Å². The molecule has 0 unspecified atom stereocenters. The Morgan fingerprint density at radius 3 is 2.52 bits per heavy atom. The van der Waals surface area contributed by atoms with Crippen LogP contribution in [0.5, 0.6) is 5.75 Å². The summed E-state index contributed by atoms with van der Waals surface area (Å²) in [5.74, 6) is 1.77. The van der Waals surface area contributed by atoms with E-state index >= 15 is 0 Å². The Labute approximate surface area is 165 Å². The third-order valence-corrected chi connectivity index (χ3v) is 4.92. The van der Waals surface area contributed by atoms with Crippen LogP contribution in [0.3, 0.4) is 0 Å². The van der Waals surface area contributed by atoms with Gasteiger partial charge in [-0.2, -0.15) is 0 Å². The van der Waals surface area contributed by atoms with E-state index in [1.807, 2.05) is 45.3 Å². The van der Waals surface area contributed by atoms with Gasteiger partial charge in [0.15, 0.2) is 0 Å². The van der Waals surface area contributed by atoms with Crippen molar-refractivity contribution in [2.24, 2.45) is 0 Å². The molecule has 0 bridgehead atoms. The summed E-state index contributed by atoms with van der Waals surface area (Å²) in [7, 11) is 4.06. The molecule has 0 amide bonds. The second-order valence-electron chi connectivity index (χ2n) is 6.57. The summed E-state index contributed by atoms with van der Waals surface area (Å²) >= 11 is 1.71. The van der Waals surface area contributed by atoms with E-state index in [1.165, 1.54) is 4.90 Å². The number of aryl methyl sites for hydroxylation is 1. The number of nitrogens with zero attached hydrogens (tertiary/aromatic N) is 1. The summed E-state index contributed by atoms with van der Waals surface area (Å²) in [5.41, 5.74) is 4.48. The standard InChI is InChI=1S/C23H25NO2S/c1-17-22(10-11-25-17)23(15-24(2)3)19-12-20(14-21(13-19)27-4)26-16-18-8-6-5-7-9-18/h5-15H,16H2,1-4H3/b23-15-. The van der Waals surface area contributed by atoms with Crippen molar-refractivity contribution in [1.82, 2.24) is 4.90 Å². The van der Waals surface area contributed by atoms with Gasteiger partial charge in [-0.15, -0.1) is 11.8 Å². The first-order valence-electron chi connectivity index (χ1n) is 8.85. The molecule has 0 aliphatic carbocycles. The van der Waals surface area contributed by atoms with E-state index in [2.05, 4.69) is 47.7 Å². The largest absolute Gasteiger partial charge is 0.489 e. The molecule has 0 spiro atoms. The third kappa shape index (κ3) is 4.98. The van der Waals surface area contributed by atoms with E-state index in [4.69, 9.17) is 9.15 Å². The Bertz CT molecular complexity index is 913. The van der Waals surface area contributed by atoms with Gasteiger partial charge in [0, 0.05) is 36.3 Å². The van der Waals surface area contributed by atoms with E-state index < -0.39 is 0 Å². The molecule has 0 N–H and O–H groups in total. The van der Waals surface area contributed by atoms with Crippen LogP contribution < -0.4 is 4.74 Å². The van der Waals surface area contributed by atoms with Gasteiger partial charge in [0.1, 0.15) is 18.1 Å². The first-order valence-corrected chi connectivity index (χ1v) is 10.1. The molecule has 0 saturated carbocycles. The van der Waals surface area contributed by atoms with Gasteiger partial charge in [-0.05, 0) is 48.6 Å². The summed E-state index contributed by atoms with van der Waals surface area (Å²) in [4.78, 5) is 3.22. The number of hydrogen-bond acceptors (Lipinski definition) is 4. The van der Waals surface area contributed by atoms with E-state index in [1.54, 1.807) is 18.0 Å². The lowest BCUT2D eigenvalue weighted by Crippen LogP contribution is -2.04. The molecule has 2 aromatic carbocycles. The molecule has 0 radical (unpaired) electrons. The number of benzene rings is 2. The Hall–Kier alpha value is -2.59. The topological polar surface area (TPSA) is 25.6 Å². The van der Waals surface area contributed by atoms with Gasteiger partial charge in [-0.25, -0.2) is 0 Å². The summed E-state index contributed by atoms with van der Waals surface area (Å²) in [6.45, 7) is 2.54. The Morgan fingerprint density at radius 2 is 1.89 bits per heavy atom. The molecule has 0 atom stereocenters. The first kappa shape index (κ1) is 19.2. The summed E-state index contributed by atoms with van der Waals surface area (Å²) in [6.07, 6.45) is 5.94. The zero-order valence-electron chi connectivity index (χ0n) is 16.2. The minimum absolute atomic E-state index is 0.551. The molecule has 0 saturated heterocycles. The van der Waals surface area contributed by atoms with Gasteiger partial charge in [0.2, 0.25) is 0 Å². The summed E-state index contributed by atoms with van der Waals surface area (Å²) in [5, 5.41) is 0. The maximum atomic E-state index is 6.10. The van der Waals surface area contributed by atoms with Gasteiger partial charge in [-0.3, -0.25) is 0 Å². The number of ether oxygens (including phenoxy) is 1. The Balaban J connectivity index is 1.97. The molecule has 3 aromatic rings. The van der Waals surface area contributed by atoms with Crippen molar-refractivity contribution in [3.63, 3.8) is 0 Å². The highest BCUT2D eigenvalue weighted by molar-refractivity contribution is 7.98. The highest BCUT2D eigenvalue weighted by Gasteiger charge is 2.13. The number of thioether (sulfide) groups is 1. The monoisotopic (exact) mass is 379 g/mol. The molecule has 140 valence electrons. The van der Waals surface area contributed by atoms with Crippen molar-refractivity contribution in [3.05, 3.63) is 89.5 Å². The molecule has 27 heavy (non-hydrogen) atoms. The fraction of sp³-hybridized carbons (Fsp3) is 0.217. The van der Waals surface area contributed by atoms with Crippen LogP contribution in [-0.2, 0) is 6.61 Å². The van der Waals surface area contributed by atoms with Crippen LogP contribution in [0.15, 0.2) is 76.4 Å². The molecule has 1 aromatic heterocycles. The van der Waals surface area contributed by atoms with Crippen LogP contribution >= 0.6 is 11.8 Å². The van der Waals surface area contributed by atoms with Gasteiger partial charge in [0.25, 0.3) is 0 Å². The molecule has 3 rings (SSSR count). The van der Waals surface area contributed by atoms with Crippen molar-refractivity contribution in [2.45, 2.75) is 18.4 Å². The fourth-order valence-electron chi connectivity index (χ4n) is 2.89. The second-order valence-corrected chi connectivity index (χ2v) is 7.45. The zero-order chi connectivity index (χ0) is 19.2. The van der Waals surface area contributed by atoms with Crippen LogP contribution in [0.4, 0.5) is 0 Å². The lowest BCUT2D eigenvalue weighted by atomic mass is 9.99. The molecular formula is C23H25NO2S. The van der Waals surface area contributed by atoms with E-state index in [9.17, 15) is 0 Å². The minimum Gasteiger partial charge on any atom is -0.489 e. The smallest absolute Gasteiger partial charge is 0.121 e. The van der Waals surface area contributed by atoms with Crippen molar-refractivity contribution in [3.8, 4) is 5.75 Å². The van der Waals surface area contributed by atoms with Crippen LogP contribution in [0.1, 0.15) is 22.5 Å². The average Bonchev–Trinajstić information content (AvgIpc) is 3.10. The quantitative estimate of drug-likeness (QED) is 0.482. The maximum Gasteiger partial charge on any atom is 0.121 e. The first-order chi connectivity index (χ1) is 13.1. The predicted octanol–water partition coefficient (Wildman–Crippen LogP) is 5.84. The van der Waals surface area contributed by atoms with Crippen LogP contribution in [0, 0.1) is 6.92 Å². The number of hydrogen-bond donors (Lipinski definition) is 0. The Kier molecular flexibility index (Phi) is 6.30. The van der Waals surface area contributed by atoms with E-state index in [0.29, 0.717) is 6.61 Å². The van der Waals surface area contributed by atoms with Gasteiger partial charge < -0.3 is 14.1 Å². The van der Waals surface area contributed by atoms with Crippen molar-refractivity contribution >= 4 is 17.3 Å². The highest BCUT2D eigenvalue weighted by Crippen LogP contribution is 2.33. The predicted molar refractivity (Wildman–Crippen MR) is 113 cm³/mol. The molecule has 3 nitrogen and oxygen atoms in total. The molecule has 1 heterocycles. The van der Waals surface area contributed by atoms with Gasteiger partial charge >= 0.3 is 0 Å². The van der Waals surface area contributed by atoms with Crippen LogP contribution in [-0.4, -0.2) is 25.3 Å². The molecule has 0 fully saturated rings. The molecule has 0 aliphatic rings. The number of furan rings is 1. The lowest BCUT2D eigenvalue weighted by molar-refractivity contribution is 0.305. The van der Waals surface area contributed by atoms with E-state index in [0.717, 1.165) is 33.8 Å². The van der Waals surface area contributed by atoms with Gasteiger partial charge in [-0.1, -0.05) is 30.3 Å². The zero-order valence-corrected chi connectivity index (χ0v) is 17.0. The van der Waals surface area contributed by atoms with E-state index in [-0.39, 0.29) is 0 Å². The van der Waals surface area contributed by atoms with Crippen molar-refractivity contribution < 1.29 is 9.15 Å². The number of rotatable bonds is 7. The normalized spacial score (nSPS) is 11.5. The van der Waals surface area contributed by atoms with Gasteiger partial charge in [0.05, 0.1) is 6.26 Å². The minimum atomic E-state index is 0.551. The Morgan fingerprint density at radius 1 is 1.11 bits per heavy atom. The summed E-state index contributed by atoms with van der Waals surface area (Å²) < 4.78 is 11.6. The molecule has 0 aliphatic heterocycles. The SMILES string of the molecule is CSc1cc(OCc2ccccc2)cc(/C(=C/N(C)C)c2ccoc2C)c1.